The zero-order valence-corrected chi connectivity index (χ0v) is 12.6. The van der Waals surface area contributed by atoms with Crippen LogP contribution in [0.4, 0.5) is 0 Å². The molecule has 2 aromatic carbocycles. The predicted molar refractivity (Wildman–Crippen MR) is 84.7 cm³/mol. The summed E-state index contributed by atoms with van der Waals surface area (Å²) in [6.45, 7) is 5.82. The molecule has 0 radical (unpaired) electrons. The van der Waals surface area contributed by atoms with E-state index in [0.717, 1.165) is 6.54 Å². The zero-order chi connectivity index (χ0) is 13.8. The van der Waals surface area contributed by atoms with E-state index in [2.05, 4.69) is 75.3 Å². The second kappa shape index (κ2) is 6.21. The minimum Gasteiger partial charge on any atom is -0.309 e. The Balaban J connectivity index is 2.38. The first-order chi connectivity index (χ1) is 9.09. The maximum absolute atomic E-state index is 2.34. The summed E-state index contributed by atoms with van der Waals surface area (Å²) in [4.78, 5) is 2.28. The van der Waals surface area contributed by atoms with Crippen LogP contribution in [0.15, 0.2) is 42.5 Å². The highest BCUT2D eigenvalue weighted by atomic mass is 15.0. The molecule has 0 fully saturated rings. The highest BCUT2D eigenvalue weighted by Gasteiger charge is 2.17. The van der Waals surface area contributed by atoms with E-state index in [4.69, 9.17) is 0 Å². The third-order valence-corrected chi connectivity index (χ3v) is 3.91. The maximum atomic E-state index is 2.34. The Bertz CT molecular complexity index is 523. The van der Waals surface area contributed by atoms with Crippen molar-refractivity contribution in [2.24, 2.45) is 5.92 Å². The second-order valence-corrected chi connectivity index (χ2v) is 6.01. The number of hydrogen-bond donors (Lipinski definition) is 0. The molecule has 0 spiro atoms. The molecule has 0 saturated heterocycles. The fourth-order valence-corrected chi connectivity index (χ4v) is 2.82. The van der Waals surface area contributed by atoms with Crippen LogP contribution in [0.25, 0.3) is 10.8 Å². The third kappa shape index (κ3) is 3.36. The molecule has 1 atom stereocenters. The molecule has 0 aliphatic rings. The minimum absolute atomic E-state index is 0.633. The van der Waals surface area contributed by atoms with Crippen molar-refractivity contribution in [2.45, 2.75) is 26.2 Å². The van der Waals surface area contributed by atoms with Gasteiger partial charge in [0.1, 0.15) is 0 Å². The summed E-state index contributed by atoms with van der Waals surface area (Å²) in [6, 6.07) is 15.5. The molecule has 0 saturated carbocycles. The largest absolute Gasteiger partial charge is 0.309 e. The molecule has 0 aliphatic heterocycles. The lowest BCUT2D eigenvalue weighted by Gasteiger charge is -2.24. The standard InChI is InChI=1S/C18H25N/c1-14(2)16(12-13-19(3)4)18-11-7-9-15-8-5-6-10-17(15)18/h5-11,14,16H,12-13H2,1-4H3/t16-/m0/s1. The summed E-state index contributed by atoms with van der Waals surface area (Å²) in [5, 5.41) is 2.78. The first-order valence-electron chi connectivity index (χ1n) is 7.22. The lowest BCUT2D eigenvalue weighted by molar-refractivity contribution is 0.353. The van der Waals surface area contributed by atoms with Crippen LogP contribution in [0.2, 0.25) is 0 Å². The normalized spacial score (nSPS) is 13.4. The average molecular weight is 255 g/mol. The van der Waals surface area contributed by atoms with Crippen LogP contribution in [-0.2, 0) is 0 Å². The van der Waals surface area contributed by atoms with Gasteiger partial charge in [-0.15, -0.1) is 0 Å². The lowest BCUT2D eigenvalue weighted by Crippen LogP contribution is -2.18. The van der Waals surface area contributed by atoms with E-state index in [1.54, 1.807) is 0 Å². The molecule has 0 N–H and O–H groups in total. The van der Waals surface area contributed by atoms with Gasteiger partial charge in [0.05, 0.1) is 0 Å². The second-order valence-electron chi connectivity index (χ2n) is 6.01. The summed E-state index contributed by atoms with van der Waals surface area (Å²) in [7, 11) is 4.31. The molecule has 0 aromatic heterocycles. The van der Waals surface area contributed by atoms with Gasteiger partial charge in [0.2, 0.25) is 0 Å². The number of fused-ring (bicyclic) bond motifs is 1. The Morgan fingerprint density at radius 1 is 0.947 bits per heavy atom. The topological polar surface area (TPSA) is 3.24 Å². The van der Waals surface area contributed by atoms with Crippen LogP contribution in [-0.4, -0.2) is 25.5 Å². The fourth-order valence-electron chi connectivity index (χ4n) is 2.82. The van der Waals surface area contributed by atoms with Gasteiger partial charge in [0, 0.05) is 0 Å². The van der Waals surface area contributed by atoms with Gasteiger partial charge in [-0.3, -0.25) is 0 Å². The van der Waals surface area contributed by atoms with Crippen molar-refractivity contribution < 1.29 is 0 Å². The summed E-state index contributed by atoms with van der Waals surface area (Å²) in [5.74, 6) is 1.30. The molecule has 1 heteroatoms. The Labute approximate surface area is 117 Å². The van der Waals surface area contributed by atoms with Gasteiger partial charge in [-0.1, -0.05) is 56.3 Å². The Kier molecular flexibility index (Phi) is 4.60. The summed E-state index contributed by atoms with van der Waals surface area (Å²) in [5.41, 5.74) is 1.51. The molecule has 0 heterocycles. The van der Waals surface area contributed by atoms with Crippen molar-refractivity contribution in [3.8, 4) is 0 Å². The van der Waals surface area contributed by atoms with Crippen molar-refractivity contribution in [3.05, 3.63) is 48.0 Å². The lowest BCUT2D eigenvalue weighted by atomic mass is 9.83. The zero-order valence-electron chi connectivity index (χ0n) is 12.6. The van der Waals surface area contributed by atoms with Crippen LogP contribution in [0.3, 0.4) is 0 Å². The van der Waals surface area contributed by atoms with Crippen molar-refractivity contribution in [3.63, 3.8) is 0 Å². The quantitative estimate of drug-likeness (QED) is 0.758. The van der Waals surface area contributed by atoms with Gasteiger partial charge < -0.3 is 4.90 Å². The number of hydrogen-bond acceptors (Lipinski definition) is 1. The van der Waals surface area contributed by atoms with Crippen LogP contribution in [0.5, 0.6) is 0 Å². The molecule has 102 valence electrons. The van der Waals surface area contributed by atoms with Crippen LogP contribution < -0.4 is 0 Å². The van der Waals surface area contributed by atoms with Crippen molar-refractivity contribution in [1.82, 2.24) is 4.90 Å². The van der Waals surface area contributed by atoms with Gasteiger partial charge in [0.15, 0.2) is 0 Å². The monoisotopic (exact) mass is 255 g/mol. The summed E-state index contributed by atoms with van der Waals surface area (Å²) >= 11 is 0. The molecule has 1 nitrogen and oxygen atoms in total. The first-order valence-corrected chi connectivity index (χ1v) is 7.22. The summed E-state index contributed by atoms with van der Waals surface area (Å²) in [6.07, 6.45) is 1.22. The molecule has 0 amide bonds. The number of rotatable bonds is 5. The van der Waals surface area contributed by atoms with Gasteiger partial charge in [0.25, 0.3) is 0 Å². The van der Waals surface area contributed by atoms with Gasteiger partial charge in [-0.25, -0.2) is 0 Å². The SMILES string of the molecule is CC(C)[C@H](CCN(C)C)c1cccc2ccccc12. The van der Waals surface area contributed by atoms with E-state index in [1.807, 2.05) is 0 Å². The molecule has 0 unspecified atom stereocenters. The van der Waals surface area contributed by atoms with Gasteiger partial charge in [-0.05, 0) is 55.2 Å². The van der Waals surface area contributed by atoms with Crippen molar-refractivity contribution in [1.29, 1.82) is 0 Å². The molecular formula is C18H25N. The first kappa shape index (κ1) is 14.1. The van der Waals surface area contributed by atoms with Crippen LogP contribution in [0, 0.1) is 5.92 Å². The average Bonchev–Trinajstić information content (AvgIpc) is 2.38. The third-order valence-electron chi connectivity index (χ3n) is 3.91. The van der Waals surface area contributed by atoms with E-state index in [9.17, 15) is 0 Å². The minimum atomic E-state index is 0.633. The number of benzene rings is 2. The Morgan fingerprint density at radius 2 is 1.63 bits per heavy atom. The van der Waals surface area contributed by atoms with Crippen LogP contribution >= 0.6 is 0 Å². The Hall–Kier alpha value is -1.34. The molecule has 0 bridgehead atoms. The number of nitrogens with zero attached hydrogens (tertiary/aromatic N) is 1. The van der Waals surface area contributed by atoms with E-state index in [0.29, 0.717) is 11.8 Å². The van der Waals surface area contributed by atoms with Gasteiger partial charge in [-0.2, -0.15) is 0 Å². The molecular weight excluding hydrogens is 230 g/mol. The van der Waals surface area contributed by atoms with Crippen LogP contribution in [0.1, 0.15) is 31.7 Å². The molecule has 2 aromatic rings. The highest BCUT2D eigenvalue weighted by molar-refractivity contribution is 5.86. The van der Waals surface area contributed by atoms with E-state index in [-0.39, 0.29) is 0 Å². The van der Waals surface area contributed by atoms with Crippen molar-refractivity contribution in [2.75, 3.05) is 20.6 Å². The maximum Gasteiger partial charge on any atom is -0.00189 e. The van der Waals surface area contributed by atoms with Gasteiger partial charge >= 0.3 is 0 Å². The molecule has 2 rings (SSSR count). The Morgan fingerprint density at radius 3 is 2.32 bits per heavy atom. The van der Waals surface area contributed by atoms with E-state index in [1.165, 1.54) is 22.8 Å². The van der Waals surface area contributed by atoms with E-state index >= 15 is 0 Å². The fraction of sp³-hybridized carbons (Fsp3) is 0.444. The van der Waals surface area contributed by atoms with E-state index < -0.39 is 0 Å². The molecule has 19 heavy (non-hydrogen) atoms. The highest BCUT2D eigenvalue weighted by Crippen LogP contribution is 2.33. The molecule has 0 aliphatic carbocycles. The predicted octanol–water partition coefficient (Wildman–Crippen LogP) is 4.53. The smallest absolute Gasteiger partial charge is 0.00189 e. The summed E-state index contributed by atoms with van der Waals surface area (Å²) < 4.78 is 0. The van der Waals surface area contributed by atoms with Crippen molar-refractivity contribution >= 4 is 10.8 Å².